The van der Waals surface area contributed by atoms with Gasteiger partial charge in [0.25, 0.3) is 17.7 Å². The third-order valence-corrected chi connectivity index (χ3v) is 11.6. The molecule has 53 heavy (non-hydrogen) atoms. The zero-order valence-electron chi connectivity index (χ0n) is 30.5. The third-order valence-electron chi connectivity index (χ3n) is 8.93. The number of benzene rings is 2. The Bertz CT molecular complexity index is 2090. The van der Waals surface area contributed by atoms with Crippen molar-refractivity contribution in [3.8, 4) is 11.5 Å². The van der Waals surface area contributed by atoms with Crippen molar-refractivity contribution < 1.29 is 28.7 Å². The van der Waals surface area contributed by atoms with Gasteiger partial charge in [0.05, 0.1) is 42.4 Å². The number of aromatic nitrogens is 2. The van der Waals surface area contributed by atoms with Crippen LogP contribution >= 0.6 is 21.6 Å². The fraction of sp³-hybridized carbons (Fsp3) is 0.342. The van der Waals surface area contributed by atoms with Crippen molar-refractivity contribution in [2.45, 2.75) is 43.9 Å². The molecule has 2 aliphatic heterocycles. The average Bonchev–Trinajstić information content (AvgIpc) is 3.78. The Hall–Kier alpha value is -5.15. The summed E-state index contributed by atoms with van der Waals surface area (Å²) in [5.41, 5.74) is 4.62. The molecule has 4 aromatic rings. The molecule has 0 radical (unpaired) electrons. The minimum absolute atomic E-state index is 0.132. The van der Waals surface area contributed by atoms with Crippen molar-refractivity contribution in [1.29, 1.82) is 0 Å². The molecule has 6 rings (SSSR count). The molecule has 278 valence electrons. The predicted octanol–water partition coefficient (Wildman–Crippen LogP) is 6.23. The molecule has 0 spiro atoms. The number of aliphatic imine (C=N–C) groups is 1. The third kappa shape index (κ3) is 8.41. The quantitative estimate of drug-likeness (QED) is 0.101. The van der Waals surface area contributed by atoms with E-state index >= 15 is 0 Å². The molecule has 0 bridgehead atoms. The first kappa shape index (κ1) is 37.6. The standard InChI is InChI=1S/C38H43N7O6S2/c1-38(2,53-52-6)22-40-35(47)30-16-25(21-43(30)3)42-36(48)31-15-24(20-44(31)4)41-34(46)12-9-13-51-33-18-28-27(17-32(33)50-5)37(49)45-26(19-39-28)14-23-10-7-8-11-29(23)45/h7-8,10-11,15-21,26H,9,12-14,22H2,1-6H3,(H,40,47)(H,41,46)(H,42,48)/t26-/m0/s1. The van der Waals surface area contributed by atoms with Gasteiger partial charge in [0.2, 0.25) is 5.91 Å². The van der Waals surface area contributed by atoms with E-state index in [1.807, 2.05) is 30.5 Å². The molecule has 1 atom stereocenters. The predicted molar refractivity (Wildman–Crippen MR) is 212 cm³/mol. The molecule has 3 N–H and O–H groups in total. The number of aryl methyl sites for hydroxylation is 2. The number of fused-ring (bicyclic) bond motifs is 4. The summed E-state index contributed by atoms with van der Waals surface area (Å²) in [6.45, 7) is 4.84. The van der Waals surface area contributed by atoms with Gasteiger partial charge in [0, 0.05) is 68.6 Å². The molecule has 2 aromatic heterocycles. The van der Waals surface area contributed by atoms with Crippen molar-refractivity contribution >= 4 is 74.2 Å². The fourth-order valence-electron chi connectivity index (χ4n) is 6.38. The number of ether oxygens (including phenoxy) is 2. The second-order valence-corrected chi connectivity index (χ2v) is 16.6. The molecule has 4 heterocycles. The summed E-state index contributed by atoms with van der Waals surface area (Å²) in [6.07, 6.45) is 8.41. The van der Waals surface area contributed by atoms with E-state index in [1.54, 1.807) is 92.6 Å². The molecule has 2 aromatic carbocycles. The Morgan fingerprint density at radius 1 is 0.962 bits per heavy atom. The van der Waals surface area contributed by atoms with Crippen LogP contribution in [0.2, 0.25) is 0 Å². The van der Waals surface area contributed by atoms with Crippen LogP contribution in [-0.2, 0) is 25.3 Å². The summed E-state index contributed by atoms with van der Waals surface area (Å²) in [5.74, 6) is -0.176. The van der Waals surface area contributed by atoms with Gasteiger partial charge in [0.1, 0.15) is 11.4 Å². The smallest absolute Gasteiger partial charge is 0.272 e. The molecule has 13 nitrogen and oxygen atoms in total. The van der Waals surface area contributed by atoms with E-state index in [2.05, 4.69) is 34.8 Å². The minimum Gasteiger partial charge on any atom is -0.493 e. The summed E-state index contributed by atoms with van der Waals surface area (Å²) in [4.78, 5) is 58.9. The van der Waals surface area contributed by atoms with Crippen LogP contribution < -0.4 is 30.3 Å². The highest BCUT2D eigenvalue weighted by atomic mass is 33.1. The maximum Gasteiger partial charge on any atom is 0.272 e. The van der Waals surface area contributed by atoms with E-state index in [9.17, 15) is 19.2 Å². The first-order valence-corrected chi connectivity index (χ1v) is 19.7. The topological polar surface area (TPSA) is 148 Å². The van der Waals surface area contributed by atoms with Gasteiger partial charge in [-0.05, 0) is 56.4 Å². The van der Waals surface area contributed by atoms with Gasteiger partial charge in [-0.1, -0.05) is 39.8 Å². The minimum atomic E-state index is -0.387. The Morgan fingerprint density at radius 3 is 2.38 bits per heavy atom. The number of carbonyl (C=O) groups excluding carboxylic acids is 4. The van der Waals surface area contributed by atoms with Crippen LogP contribution in [0.4, 0.5) is 22.7 Å². The molecule has 0 fully saturated rings. The number of anilines is 3. The van der Waals surface area contributed by atoms with Gasteiger partial charge in [-0.15, -0.1) is 0 Å². The number of rotatable bonds is 14. The lowest BCUT2D eigenvalue weighted by molar-refractivity contribution is -0.116. The maximum absolute atomic E-state index is 13.7. The first-order chi connectivity index (χ1) is 25.4. The summed E-state index contributed by atoms with van der Waals surface area (Å²) < 4.78 is 14.7. The lowest BCUT2D eigenvalue weighted by Gasteiger charge is -2.22. The van der Waals surface area contributed by atoms with Crippen LogP contribution in [0.25, 0.3) is 0 Å². The summed E-state index contributed by atoms with van der Waals surface area (Å²) >= 11 is 0. The zero-order chi connectivity index (χ0) is 37.9. The maximum atomic E-state index is 13.7. The second kappa shape index (κ2) is 15.8. The van der Waals surface area contributed by atoms with E-state index in [0.717, 1.165) is 11.3 Å². The Balaban J connectivity index is 1.00. The van der Waals surface area contributed by atoms with Crippen LogP contribution in [0.15, 0.2) is 65.9 Å². The van der Waals surface area contributed by atoms with Gasteiger partial charge in [-0.25, -0.2) is 0 Å². The first-order valence-electron chi connectivity index (χ1n) is 17.1. The van der Waals surface area contributed by atoms with Crippen LogP contribution in [0, 0.1) is 0 Å². The number of nitrogens with one attached hydrogen (secondary N) is 3. The van der Waals surface area contributed by atoms with Crippen LogP contribution in [-0.4, -0.2) is 76.3 Å². The number of methoxy groups -OCH3 is 1. The fourth-order valence-corrected chi connectivity index (χ4v) is 8.49. The van der Waals surface area contributed by atoms with Crippen LogP contribution in [0.1, 0.15) is 63.6 Å². The Morgan fingerprint density at radius 2 is 1.66 bits per heavy atom. The normalized spacial score (nSPS) is 14.6. The summed E-state index contributed by atoms with van der Waals surface area (Å²) in [6, 6.07) is 14.3. The average molecular weight is 758 g/mol. The van der Waals surface area contributed by atoms with E-state index < -0.39 is 0 Å². The van der Waals surface area contributed by atoms with Crippen LogP contribution in [0.3, 0.4) is 0 Å². The van der Waals surface area contributed by atoms with Gasteiger partial charge in [0.15, 0.2) is 11.5 Å². The summed E-state index contributed by atoms with van der Waals surface area (Å²) in [5, 5.41) is 8.65. The van der Waals surface area contributed by atoms with Crippen molar-refractivity contribution in [1.82, 2.24) is 14.5 Å². The zero-order valence-corrected chi connectivity index (χ0v) is 32.2. The SMILES string of the molecule is COc1cc2c(cc1OCCCC(=O)Nc1cc(C(=O)Nc3cc(C(=O)NCC(C)(C)SSC)n(C)c3)n(C)c1)N=C[C@@H]1Cc3ccccc3N1C2=O. The Kier molecular flexibility index (Phi) is 11.2. The van der Waals surface area contributed by atoms with E-state index in [1.165, 1.54) is 7.11 Å². The van der Waals surface area contributed by atoms with Gasteiger partial charge < -0.3 is 34.6 Å². The summed E-state index contributed by atoms with van der Waals surface area (Å²) in [7, 11) is 8.31. The molecule has 15 heteroatoms. The van der Waals surface area contributed by atoms with Gasteiger partial charge in [-0.3, -0.25) is 29.1 Å². The molecular weight excluding hydrogens is 715 g/mol. The lowest BCUT2D eigenvalue weighted by atomic mass is 10.1. The van der Waals surface area contributed by atoms with Crippen molar-refractivity contribution in [2.24, 2.45) is 19.1 Å². The lowest BCUT2D eigenvalue weighted by Crippen LogP contribution is -2.37. The van der Waals surface area contributed by atoms with Crippen molar-refractivity contribution in [3.63, 3.8) is 0 Å². The monoisotopic (exact) mass is 757 g/mol. The molecule has 2 aliphatic rings. The van der Waals surface area contributed by atoms with E-state index in [4.69, 9.17) is 9.47 Å². The van der Waals surface area contributed by atoms with Crippen molar-refractivity contribution in [3.05, 3.63) is 83.4 Å². The number of para-hydroxylation sites is 1. The number of amides is 4. The second-order valence-electron chi connectivity index (χ2n) is 13.5. The highest BCUT2D eigenvalue weighted by Crippen LogP contribution is 2.41. The number of carbonyl (C=O) groups is 4. The number of nitrogens with zero attached hydrogens (tertiary/aromatic N) is 4. The molecule has 0 saturated heterocycles. The molecular formula is C38H43N7O6S2. The highest BCUT2D eigenvalue weighted by Gasteiger charge is 2.36. The van der Waals surface area contributed by atoms with E-state index in [0.29, 0.717) is 64.9 Å². The van der Waals surface area contributed by atoms with Gasteiger partial charge >= 0.3 is 0 Å². The molecule has 4 amide bonds. The molecule has 0 aliphatic carbocycles. The van der Waals surface area contributed by atoms with E-state index in [-0.39, 0.29) is 47.4 Å². The number of hydrogen-bond acceptors (Lipinski definition) is 9. The molecule has 0 saturated carbocycles. The van der Waals surface area contributed by atoms with Crippen LogP contribution in [0.5, 0.6) is 11.5 Å². The Labute approximate surface area is 316 Å². The van der Waals surface area contributed by atoms with Crippen molar-refractivity contribution in [2.75, 3.05) is 42.1 Å². The van der Waals surface area contributed by atoms with Gasteiger partial charge in [-0.2, -0.15) is 0 Å². The number of hydrogen-bond donors (Lipinski definition) is 3. The molecule has 0 unspecified atom stereocenters. The largest absolute Gasteiger partial charge is 0.493 e. The highest BCUT2D eigenvalue weighted by molar-refractivity contribution is 8.77.